The second-order valence-corrected chi connectivity index (χ2v) is 13.8. The van der Waals surface area contributed by atoms with Gasteiger partial charge in [0.25, 0.3) is 5.91 Å². The van der Waals surface area contributed by atoms with Crippen LogP contribution in [-0.4, -0.2) is 41.7 Å². The molecule has 1 saturated carbocycles. The number of benzene rings is 3. The Bertz CT molecular complexity index is 1360. The topological polar surface area (TPSA) is 81.3 Å². The Kier molecular flexibility index (Phi) is 15.5. The molecule has 0 spiro atoms. The van der Waals surface area contributed by atoms with Crippen LogP contribution in [0, 0.1) is 19.8 Å². The SMILES string of the molecule is CSCCC(NC(=O)c1ccc(CNC(CSc2ccccc2C)CC2CCCCC2)cc1-c1ccccc1C)C(=O)[O-].[Li+]. The standard InChI is InChI=1S/C36H46N2O3S2.Li/c1-25-11-7-9-15-30(25)32-22-28(17-18-31(32)35(39)38-33(36(40)41)19-20-42-3)23-37-29(21-27-13-5-4-6-14-27)24-43-34-16-10-8-12-26(34)2;/h7-12,15-18,22,27,29,33,37H,4-6,13-14,19-21,23-24H2,1-3H3,(H,38,39)(H,40,41);/q;+1/p-1. The third-order valence-corrected chi connectivity index (χ3v) is 10.4. The van der Waals surface area contributed by atoms with E-state index in [1.807, 2.05) is 61.3 Å². The maximum Gasteiger partial charge on any atom is 1.00 e. The van der Waals surface area contributed by atoms with Gasteiger partial charge in [0.05, 0.1) is 12.0 Å². The number of thioether (sulfide) groups is 2. The van der Waals surface area contributed by atoms with Crippen molar-refractivity contribution in [1.82, 2.24) is 10.6 Å². The molecule has 1 aliphatic carbocycles. The van der Waals surface area contributed by atoms with Crippen LogP contribution in [0.1, 0.15) is 72.0 Å². The minimum atomic E-state index is -1.26. The largest absolute Gasteiger partial charge is 1.00 e. The summed E-state index contributed by atoms with van der Waals surface area (Å²) in [6, 6.07) is 21.9. The summed E-state index contributed by atoms with van der Waals surface area (Å²) in [6.07, 6.45) is 10.1. The predicted molar refractivity (Wildman–Crippen MR) is 180 cm³/mol. The van der Waals surface area contributed by atoms with Crippen molar-refractivity contribution >= 4 is 35.4 Å². The molecule has 1 fully saturated rings. The molecular formula is C36H45LiN2O3S2. The van der Waals surface area contributed by atoms with E-state index in [2.05, 4.69) is 47.9 Å². The molecule has 0 heterocycles. The first-order valence-electron chi connectivity index (χ1n) is 15.5. The van der Waals surface area contributed by atoms with Crippen LogP contribution in [0.4, 0.5) is 0 Å². The zero-order valence-electron chi connectivity index (χ0n) is 26.7. The number of carbonyl (C=O) groups excluding carboxylic acids is 2. The number of hydrogen-bond donors (Lipinski definition) is 2. The van der Waals surface area contributed by atoms with Crippen molar-refractivity contribution in [2.75, 3.05) is 17.8 Å². The van der Waals surface area contributed by atoms with Gasteiger partial charge in [-0.05, 0) is 90.6 Å². The zero-order chi connectivity index (χ0) is 30.6. The van der Waals surface area contributed by atoms with Gasteiger partial charge in [-0.15, -0.1) is 11.8 Å². The van der Waals surface area contributed by atoms with Gasteiger partial charge in [0, 0.05) is 28.8 Å². The Balaban J connectivity index is 0.00000529. The summed E-state index contributed by atoms with van der Waals surface area (Å²) in [5.41, 5.74) is 5.73. The first-order chi connectivity index (χ1) is 20.9. The molecule has 2 N–H and O–H groups in total. The number of aliphatic carboxylic acids is 1. The number of amides is 1. The molecule has 2 atom stereocenters. The summed E-state index contributed by atoms with van der Waals surface area (Å²) in [7, 11) is 0. The Morgan fingerprint density at radius 3 is 2.32 bits per heavy atom. The monoisotopic (exact) mass is 624 g/mol. The van der Waals surface area contributed by atoms with Crippen molar-refractivity contribution in [3.63, 3.8) is 0 Å². The molecule has 44 heavy (non-hydrogen) atoms. The maximum absolute atomic E-state index is 13.4. The second-order valence-electron chi connectivity index (χ2n) is 11.7. The Labute approximate surface area is 284 Å². The van der Waals surface area contributed by atoms with Crippen molar-refractivity contribution in [3.05, 3.63) is 89.0 Å². The van der Waals surface area contributed by atoms with Gasteiger partial charge in [0.15, 0.2) is 0 Å². The number of rotatable bonds is 15. The molecule has 230 valence electrons. The quantitative estimate of drug-likeness (QED) is 0.198. The van der Waals surface area contributed by atoms with Crippen LogP contribution in [0.25, 0.3) is 11.1 Å². The van der Waals surface area contributed by atoms with E-state index in [-0.39, 0.29) is 18.9 Å². The molecule has 0 aliphatic heterocycles. The fourth-order valence-corrected chi connectivity index (χ4v) is 7.50. The van der Waals surface area contributed by atoms with Crippen LogP contribution < -0.4 is 34.6 Å². The van der Waals surface area contributed by atoms with E-state index in [4.69, 9.17) is 0 Å². The molecule has 1 amide bonds. The van der Waals surface area contributed by atoms with Crippen LogP contribution in [0.3, 0.4) is 0 Å². The first kappa shape index (κ1) is 36.3. The maximum atomic E-state index is 13.4. The van der Waals surface area contributed by atoms with Crippen LogP contribution in [0.2, 0.25) is 0 Å². The molecule has 2 unspecified atom stereocenters. The van der Waals surface area contributed by atoms with Crippen molar-refractivity contribution in [2.45, 2.75) is 82.3 Å². The van der Waals surface area contributed by atoms with Gasteiger partial charge in [-0.25, -0.2) is 0 Å². The number of hydrogen-bond acceptors (Lipinski definition) is 6. The van der Waals surface area contributed by atoms with Gasteiger partial charge in [-0.1, -0.05) is 80.6 Å². The minimum absolute atomic E-state index is 0. The molecule has 0 bridgehead atoms. The number of carboxylic acid groups (broad SMARTS) is 1. The van der Waals surface area contributed by atoms with E-state index >= 15 is 0 Å². The molecule has 0 aromatic heterocycles. The van der Waals surface area contributed by atoms with Gasteiger partial charge in [-0.2, -0.15) is 11.8 Å². The van der Waals surface area contributed by atoms with E-state index < -0.39 is 17.9 Å². The third-order valence-electron chi connectivity index (χ3n) is 8.44. The number of nitrogens with one attached hydrogen (secondary N) is 2. The zero-order valence-corrected chi connectivity index (χ0v) is 28.3. The Morgan fingerprint density at radius 1 is 0.932 bits per heavy atom. The molecule has 0 radical (unpaired) electrons. The van der Waals surface area contributed by atoms with Crippen molar-refractivity contribution in [1.29, 1.82) is 0 Å². The summed E-state index contributed by atoms with van der Waals surface area (Å²) >= 11 is 3.48. The van der Waals surface area contributed by atoms with E-state index in [0.29, 0.717) is 30.3 Å². The molecule has 5 nitrogen and oxygen atoms in total. The molecule has 1 aliphatic rings. The van der Waals surface area contributed by atoms with Gasteiger partial charge in [-0.3, -0.25) is 4.79 Å². The third kappa shape index (κ3) is 10.7. The number of aryl methyl sites for hydroxylation is 2. The summed E-state index contributed by atoms with van der Waals surface area (Å²) in [5.74, 6) is 0.747. The number of carboxylic acids is 1. The van der Waals surface area contributed by atoms with Crippen LogP contribution in [0.5, 0.6) is 0 Å². The fraction of sp³-hybridized carbons (Fsp3) is 0.444. The smallest absolute Gasteiger partial charge is 0.548 e. The molecule has 4 rings (SSSR count). The van der Waals surface area contributed by atoms with Gasteiger partial charge < -0.3 is 20.5 Å². The van der Waals surface area contributed by atoms with E-state index in [1.54, 1.807) is 11.8 Å². The van der Waals surface area contributed by atoms with Crippen molar-refractivity contribution < 1.29 is 33.6 Å². The van der Waals surface area contributed by atoms with Crippen LogP contribution in [0.15, 0.2) is 71.6 Å². The summed E-state index contributed by atoms with van der Waals surface area (Å²) < 4.78 is 0. The number of carbonyl (C=O) groups is 2. The van der Waals surface area contributed by atoms with Crippen molar-refractivity contribution in [2.24, 2.45) is 5.92 Å². The van der Waals surface area contributed by atoms with Crippen molar-refractivity contribution in [3.8, 4) is 11.1 Å². The average Bonchev–Trinajstić information content (AvgIpc) is 3.01. The predicted octanol–water partition coefficient (Wildman–Crippen LogP) is 3.80. The normalized spacial score (nSPS) is 14.8. The molecular weight excluding hydrogens is 579 g/mol. The van der Waals surface area contributed by atoms with Gasteiger partial charge in [0.2, 0.25) is 0 Å². The van der Waals surface area contributed by atoms with E-state index in [9.17, 15) is 14.7 Å². The molecule has 8 heteroatoms. The summed E-state index contributed by atoms with van der Waals surface area (Å²) in [4.78, 5) is 26.5. The Morgan fingerprint density at radius 2 is 1.64 bits per heavy atom. The molecule has 3 aromatic rings. The molecule has 0 saturated heterocycles. The summed E-state index contributed by atoms with van der Waals surface area (Å²) in [5, 5.41) is 18.3. The van der Waals surface area contributed by atoms with Gasteiger partial charge in [0.1, 0.15) is 0 Å². The van der Waals surface area contributed by atoms with Gasteiger partial charge >= 0.3 is 18.9 Å². The molecule has 3 aromatic carbocycles. The van der Waals surface area contributed by atoms with Crippen LogP contribution >= 0.6 is 23.5 Å². The fourth-order valence-electron chi connectivity index (χ4n) is 5.92. The van der Waals surface area contributed by atoms with E-state index in [1.165, 1.54) is 49.0 Å². The van der Waals surface area contributed by atoms with E-state index in [0.717, 1.165) is 33.9 Å². The average molecular weight is 625 g/mol. The minimum Gasteiger partial charge on any atom is -0.548 e. The Hall–Kier alpha value is -2.14. The summed E-state index contributed by atoms with van der Waals surface area (Å²) in [6.45, 7) is 4.91. The second kappa shape index (κ2) is 18.7. The van der Waals surface area contributed by atoms with Crippen LogP contribution in [-0.2, 0) is 11.3 Å². The first-order valence-corrected chi connectivity index (χ1v) is 17.8.